The molecule has 2 aromatic rings. The summed E-state index contributed by atoms with van der Waals surface area (Å²) in [6.07, 6.45) is 2.07. The van der Waals surface area contributed by atoms with Gasteiger partial charge in [-0.1, -0.05) is 17.7 Å². The Balaban J connectivity index is 1.77. The van der Waals surface area contributed by atoms with Gasteiger partial charge in [-0.25, -0.2) is 4.39 Å². The first kappa shape index (κ1) is 22.1. The number of halogens is 2. The van der Waals surface area contributed by atoms with Crippen molar-refractivity contribution >= 4 is 23.4 Å². The van der Waals surface area contributed by atoms with Crippen LogP contribution in [0, 0.1) is 12.7 Å². The first-order chi connectivity index (χ1) is 14.4. The number of hydrogen-bond acceptors (Lipinski definition) is 3. The van der Waals surface area contributed by atoms with E-state index in [1.165, 1.54) is 6.07 Å². The lowest BCUT2D eigenvalue weighted by Gasteiger charge is -2.23. The van der Waals surface area contributed by atoms with Gasteiger partial charge in [0.15, 0.2) is 0 Å². The first-order valence-electron chi connectivity index (χ1n) is 10.1. The van der Waals surface area contributed by atoms with Gasteiger partial charge >= 0.3 is 0 Å². The highest BCUT2D eigenvalue weighted by Gasteiger charge is 2.20. The van der Waals surface area contributed by atoms with Crippen molar-refractivity contribution in [2.75, 3.05) is 33.3 Å². The summed E-state index contributed by atoms with van der Waals surface area (Å²) in [4.78, 5) is 29.1. The standard InChI is InChI=1S/C23H26ClFN2O3/c1-16-6-7-17(14-20(16)25)22(28)27-11-4-3-10-26(2)23(29)19-15-18(24)8-9-21(19)30-13-5-12-27/h6-9,14-15H,3-5,10-13H2,1-2H3. The molecule has 160 valence electrons. The maximum absolute atomic E-state index is 13.9. The molecule has 5 nitrogen and oxygen atoms in total. The van der Waals surface area contributed by atoms with E-state index >= 15 is 0 Å². The summed E-state index contributed by atoms with van der Waals surface area (Å²) in [6.45, 7) is 3.59. The van der Waals surface area contributed by atoms with E-state index in [4.69, 9.17) is 16.3 Å². The van der Waals surface area contributed by atoms with Crippen molar-refractivity contribution in [2.45, 2.75) is 26.2 Å². The van der Waals surface area contributed by atoms with Crippen molar-refractivity contribution in [1.29, 1.82) is 0 Å². The van der Waals surface area contributed by atoms with Crippen LogP contribution in [-0.4, -0.2) is 54.9 Å². The monoisotopic (exact) mass is 432 g/mol. The molecule has 1 heterocycles. The van der Waals surface area contributed by atoms with Gasteiger partial charge in [-0.05, 0) is 62.1 Å². The van der Waals surface area contributed by atoms with E-state index in [0.717, 1.165) is 12.8 Å². The van der Waals surface area contributed by atoms with Gasteiger partial charge in [0.2, 0.25) is 0 Å². The average Bonchev–Trinajstić information content (AvgIpc) is 2.74. The summed E-state index contributed by atoms with van der Waals surface area (Å²) in [5.41, 5.74) is 1.29. The molecule has 0 saturated heterocycles. The van der Waals surface area contributed by atoms with Gasteiger partial charge in [0.25, 0.3) is 11.8 Å². The maximum atomic E-state index is 13.9. The minimum Gasteiger partial charge on any atom is -0.493 e. The largest absolute Gasteiger partial charge is 0.493 e. The molecule has 0 N–H and O–H groups in total. The Morgan fingerprint density at radius 1 is 1.07 bits per heavy atom. The number of fused-ring (bicyclic) bond motifs is 1. The van der Waals surface area contributed by atoms with Gasteiger partial charge in [-0.2, -0.15) is 0 Å². The Morgan fingerprint density at radius 3 is 2.57 bits per heavy atom. The van der Waals surface area contributed by atoms with Crippen LogP contribution in [0.15, 0.2) is 36.4 Å². The fourth-order valence-corrected chi connectivity index (χ4v) is 3.59. The SMILES string of the molecule is Cc1ccc(C(=O)N2CCCCN(C)C(=O)c3cc(Cl)ccc3OCCC2)cc1F. The summed E-state index contributed by atoms with van der Waals surface area (Å²) in [5, 5.41) is 0.477. The van der Waals surface area contributed by atoms with E-state index in [2.05, 4.69) is 0 Å². The predicted octanol–water partition coefficient (Wildman–Crippen LogP) is 4.56. The molecular formula is C23H26ClFN2O3. The molecule has 0 fully saturated rings. The van der Waals surface area contributed by atoms with Crippen molar-refractivity contribution < 1.29 is 18.7 Å². The van der Waals surface area contributed by atoms with Gasteiger partial charge in [0, 0.05) is 37.3 Å². The molecule has 0 aliphatic carbocycles. The third-order valence-corrected chi connectivity index (χ3v) is 5.46. The zero-order chi connectivity index (χ0) is 21.7. The van der Waals surface area contributed by atoms with Crippen molar-refractivity contribution in [3.63, 3.8) is 0 Å². The van der Waals surface area contributed by atoms with Gasteiger partial charge in [-0.15, -0.1) is 0 Å². The molecule has 0 aromatic heterocycles. The zero-order valence-electron chi connectivity index (χ0n) is 17.3. The zero-order valence-corrected chi connectivity index (χ0v) is 18.0. The van der Waals surface area contributed by atoms with Crippen LogP contribution in [0.25, 0.3) is 0 Å². The van der Waals surface area contributed by atoms with Crippen LogP contribution in [0.1, 0.15) is 45.5 Å². The van der Waals surface area contributed by atoms with Crippen LogP contribution in [0.3, 0.4) is 0 Å². The number of benzene rings is 2. The number of nitrogens with zero attached hydrogens (tertiary/aromatic N) is 2. The van der Waals surface area contributed by atoms with Crippen LogP contribution in [0.5, 0.6) is 5.75 Å². The van der Waals surface area contributed by atoms with E-state index in [9.17, 15) is 14.0 Å². The number of ether oxygens (including phenoxy) is 1. The number of hydrogen-bond donors (Lipinski definition) is 0. The van der Waals surface area contributed by atoms with Crippen molar-refractivity contribution in [1.82, 2.24) is 9.80 Å². The summed E-state index contributed by atoms with van der Waals surface area (Å²) in [6, 6.07) is 9.58. The highest BCUT2D eigenvalue weighted by atomic mass is 35.5. The van der Waals surface area contributed by atoms with Crippen LogP contribution < -0.4 is 4.74 Å². The number of carbonyl (C=O) groups is 2. The molecule has 0 saturated carbocycles. The molecule has 3 rings (SSSR count). The Labute approximate surface area is 181 Å². The third-order valence-electron chi connectivity index (χ3n) is 5.23. The van der Waals surface area contributed by atoms with Gasteiger partial charge in [0.05, 0.1) is 12.2 Å². The normalized spacial score (nSPS) is 16.1. The fraction of sp³-hybridized carbons (Fsp3) is 0.391. The lowest BCUT2D eigenvalue weighted by molar-refractivity contribution is 0.0735. The Morgan fingerprint density at radius 2 is 1.80 bits per heavy atom. The summed E-state index contributed by atoms with van der Waals surface area (Å²) in [7, 11) is 1.74. The predicted molar refractivity (Wildman–Crippen MR) is 115 cm³/mol. The minimum absolute atomic E-state index is 0.144. The number of rotatable bonds is 1. The topological polar surface area (TPSA) is 49.9 Å². The molecule has 2 amide bonds. The van der Waals surface area contributed by atoms with Gasteiger partial charge in [0.1, 0.15) is 11.6 Å². The molecule has 7 heteroatoms. The lowest BCUT2D eigenvalue weighted by atomic mass is 10.1. The van der Waals surface area contributed by atoms with E-state index in [0.29, 0.717) is 60.1 Å². The lowest BCUT2D eigenvalue weighted by Crippen LogP contribution is -2.34. The Hall–Kier alpha value is -2.60. The van der Waals surface area contributed by atoms with Crippen molar-refractivity contribution in [3.8, 4) is 5.75 Å². The van der Waals surface area contributed by atoms with E-state index < -0.39 is 0 Å². The van der Waals surface area contributed by atoms with Gasteiger partial charge in [-0.3, -0.25) is 9.59 Å². The first-order valence-corrected chi connectivity index (χ1v) is 10.5. The molecular weight excluding hydrogens is 407 g/mol. The molecule has 1 aliphatic rings. The van der Waals surface area contributed by atoms with Crippen molar-refractivity contribution in [2.24, 2.45) is 0 Å². The molecule has 2 aromatic carbocycles. The second kappa shape index (κ2) is 9.94. The minimum atomic E-state index is -0.384. The average molecular weight is 433 g/mol. The Kier molecular flexibility index (Phi) is 7.32. The maximum Gasteiger partial charge on any atom is 0.257 e. The van der Waals surface area contributed by atoms with E-state index in [1.54, 1.807) is 54.1 Å². The Bertz CT molecular complexity index is 935. The smallest absolute Gasteiger partial charge is 0.257 e. The molecule has 0 unspecified atom stereocenters. The molecule has 0 atom stereocenters. The molecule has 30 heavy (non-hydrogen) atoms. The van der Waals surface area contributed by atoms with Gasteiger partial charge < -0.3 is 14.5 Å². The van der Waals surface area contributed by atoms with Crippen LogP contribution in [0.4, 0.5) is 4.39 Å². The highest BCUT2D eigenvalue weighted by Crippen LogP contribution is 2.25. The highest BCUT2D eigenvalue weighted by molar-refractivity contribution is 6.31. The van der Waals surface area contributed by atoms with Crippen LogP contribution in [0.2, 0.25) is 5.02 Å². The second-order valence-electron chi connectivity index (χ2n) is 7.53. The summed E-state index contributed by atoms with van der Waals surface area (Å²) in [5.74, 6) is -0.241. The molecule has 0 spiro atoms. The molecule has 0 bridgehead atoms. The van der Waals surface area contributed by atoms with E-state index in [-0.39, 0.29) is 17.6 Å². The number of carbonyl (C=O) groups excluding carboxylic acids is 2. The quantitative estimate of drug-likeness (QED) is 0.663. The number of amides is 2. The third kappa shape index (κ3) is 5.30. The summed E-state index contributed by atoms with van der Waals surface area (Å²) >= 11 is 6.08. The fourth-order valence-electron chi connectivity index (χ4n) is 3.41. The number of aryl methyl sites for hydroxylation is 1. The van der Waals surface area contributed by atoms with Crippen LogP contribution in [-0.2, 0) is 0 Å². The van der Waals surface area contributed by atoms with E-state index in [1.807, 2.05) is 0 Å². The summed E-state index contributed by atoms with van der Waals surface area (Å²) < 4.78 is 19.8. The van der Waals surface area contributed by atoms with Crippen LogP contribution >= 0.6 is 11.6 Å². The second-order valence-corrected chi connectivity index (χ2v) is 7.97. The van der Waals surface area contributed by atoms with Crippen molar-refractivity contribution in [3.05, 3.63) is 63.9 Å². The molecule has 1 aliphatic heterocycles. The molecule has 0 radical (unpaired) electrons.